The zero-order valence-electron chi connectivity index (χ0n) is 26.2. The number of methoxy groups -OCH3 is 3. The van der Waals surface area contributed by atoms with Crippen molar-refractivity contribution in [2.75, 3.05) is 21.3 Å². The molecular formula is C38H29N2O8+. The summed E-state index contributed by atoms with van der Waals surface area (Å²) in [6.07, 6.45) is 5.38. The van der Waals surface area contributed by atoms with Crippen LogP contribution in [0.3, 0.4) is 0 Å². The number of para-hydroxylation sites is 1. The van der Waals surface area contributed by atoms with Gasteiger partial charge in [0.1, 0.15) is 5.57 Å². The molecule has 1 aliphatic carbocycles. The number of esters is 3. The first-order valence-electron chi connectivity index (χ1n) is 14.9. The van der Waals surface area contributed by atoms with E-state index in [1.807, 2.05) is 66.7 Å². The highest BCUT2D eigenvalue weighted by Gasteiger charge is 2.44. The van der Waals surface area contributed by atoms with E-state index in [0.717, 1.165) is 22.1 Å². The molecular weight excluding hydrogens is 612 g/mol. The number of benzene rings is 4. The Morgan fingerprint density at radius 3 is 2.15 bits per heavy atom. The summed E-state index contributed by atoms with van der Waals surface area (Å²) < 4.78 is 17.3. The van der Waals surface area contributed by atoms with Gasteiger partial charge in [-0.3, -0.25) is 10.1 Å². The molecule has 0 radical (unpaired) electrons. The highest BCUT2D eigenvalue weighted by Crippen LogP contribution is 2.50. The molecule has 0 fully saturated rings. The number of hydrogen-bond donors (Lipinski definition) is 0. The second-order valence-electron chi connectivity index (χ2n) is 10.9. The molecule has 1 unspecified atom stereocenters. The number of nitro benzene ring substituents is 1. The average molecular weight is 642 g/mol. The van der Waals surface area contributed by atoms with Crippen molar-refractivity contribution in [3.8, 4) is 11.1 Å². The van der Waals surface area contributed by atoms with E-state index in [0.29, 0.717) is 27.8 Å². The molecule has 0 amide bonds. The number of non-ortho nitro benzene ring substituents is 1. The van der Waals surface area contributed by atoms with Gasteiger partial charge in [0, 0.05) is 35.7 Å². The molecule has 0 N–H and O–H groups in total. The molecule has 6 rings (SSSR count). The third kappa shape index (κ3) is 5.49. The lowest BCUT2D eigenvalue weighted by Gasteiger charge is -2.18. The fourth-order valence-corrected chi connectivity index (χ4v) is 6.23. The number of fused-ring (bicyclic) bond motifs is 4. The van der Waals surface area contributed by atoms with Gasteiger partial charge in [0.2, 0.25) is 5.52 Å². The summed E-state index contributed by atoms with van der Waals surface area (Å²) in [7, 11) is 3.80. The number of nitro groups is 1. The minimum Gasteiger partial charge on any atom is -0.465 e. The summed E-state index contributed by atoms with van der Waals surface area (Å²) in [5.74, 6) is -2.84. The molecule has 1 heterocycles. The largest absolute Gasteiger partial charge is 0.465 e. The van der Waals surface area contributed by atoms with Gasteiger partial charge in [0.25, 0.3) is 5.69 Å². The minimum atomic E-state index is -0.796. The molecule has 1 atom stereocenters. The van der Waals surface area contributed by atoms with Crippen molar-refractivity contribution >= 4 is 52.3 Å². The van der Waals surface area contributed by atoms with Gasteiger partial charge < -0.3 is 14.2 Å². The Morgan fingerprint density at radius 2 is 1.44 bits per heavy atom. The maximum absolute atomic E-state index is 13.9. The van der Waals surface area contributed by atoms with Gasteiger partial charge in [-0.1, -0.05) is 60.7 Å². The van der Waals surface area contributed by atoms with Crippen molar-refractivity contribution in [3.63, 3.8) is 0 Å². The van der Waals surface area contributed by atoms with Crippen LogP contribution < -0.4 is 4.57 Å². The van der Waals surface area contributed by atoms with E-state index >= 15 is 0 Å². The molecule has 238 valence electrons. The van der Waals surface area contributed by atoms with Gasteiger partial charge in [-0.2, -0.15) is 4.57 Å². The van der Waals surface area contributed by atoms with Gasteiger partial charge in [-0.25, -0.2) is 14.4 Å². The molecule has 48 heavy (non-hydrogen) atoms. The highest BCUT2D eigenvalue weighted by atomic mass is 16.6. The van der Waals surface area contributed by atoms with Crippen molar-refractivity contribution in [2.45, 2.75) is 5.92 Å². The zero-order chi connectivity index (χ0) is 33.9. The van der Waals surface area contributed by atoms with E-state index < -0.39 is 28.7 Å². The second kappa shape index (κ2) is 13.1. The molecule has 0 saturated carbocycles. The summed E-state index contributed by atoms with van der Waals surface area (Å²) in [6.45, 7) is 0. The lowest BCUT2D eigenvalue weighted by Crippen LogP contribution is -2.40. The highest BCUT2D eigenvalue weighted by molar-refractivity contribution is 6.16. The topological polar surface area (TPSA) is 126 Å². The van der Waals surface area contributed by atoms with Crippen LogP contribution in [0.2, 0.25) is 0 Å². The standard InChI is InChI=1S/C38H29N2O8/c1-46-36(41)30-13-8-12-29-32(30)27-10-4-5-11-28(27)33(29)34(37(42)47-2)35(38(43)48-3)39-22-21-24(26-9-6-7-14-31(26)39)18-15-23-16-19-25(20-17-23)40(44)45/h4-22,33H,1-3H3/q+1/b18-15+,35-34-. The molecule has 0 bridgehead atoms. The third-order valence-corrected chi connectivity index (χ3v) is 8.36. The number of carbonyl (C=O) groups is 3. The Morgan fingerprint density at radius 1 is 0.750 bits per heavy atom. The van der Waals surface area contributed by atoms with Crippen molar-refractivity contribution < 1.29 is 38.1 Å². The lowest BCUT2D eigenvalue weighted by atomic mass is 9.87. The van der Waals surface area contributed by atoms with E-state index in [4.69, 9.17) is 14.2 Å². The first kappa shape index (κ1) is 31.6. The van der Waals surface area contributed by atoms with Crippen LogP contribution in [0, 0.1) is 10.1 Å². The monoisotopic (exact) mass is 641 g/mol. The van der Waals surface area contributed by atoms with Gasteiger partial charge in [-0.05, 0) is 52.1 Å². The first-order valence-corrected chi connectivity index (χ1v) is 14.9. The number of carbonyl (C=O) groups excluding carboxylic acids is 3. The van der Waals surface area contributed by atoms with E-state index in [1.165, 1.54) is 33.5 Å². The van der Waals surface area contributed by atoms with Crippen LogP contribution in [0.15, 0.2) is 109 Å². The molecule has 1 aliphatic rings. The fraction of sp³-hybridized carbons (Fsp3) is 0.105. The predicted octanol–water partition coefficient (Wildman–Crippen LogP) is 6.36. The van der Waals surface area contributed by atoms with E-state index in [9.17, 15) is 24.5 Å². The lowest BCUT2D eigenvalue weighted by molar-refractivity contribution is -0.550. The maximum Gasteiger partial charge on any atom is 0.404 e. The second-order valence-corrected chi connectivity index (χ2v) is 10.9. The Balaban J connectivity index is 1.60. The SMILES string of the molecule is COC(=O)/C(=C(/C(=O)OC)[n+]1ccc(/C=C/c2ccc([N+](=O)[O-])cc2)c2ccccc21)C1c2ccccc2-c2c(C(=O)OC)cccc21. The third-order valence-electron chi connectivity index (χ3n) is 8.36. The zero-order valence-corrected chi connectivity index (χ0v) is 26.2. The van der Waals surface area contributed by atoms with Gasteiger partial charge in [0.05, 0.1) is 37.2 Å². The number of hydrogen-bond acceptors (Lipinski definition) is 8. The van der Waals surface area contributed by atoms with Crippen molar-refractivity contribution in [3.05, 3.63) is 147 Å². The van der Waals surface area contributed by atoms with Crippen molar-refractivity contribution in [2.24, 2.45) is 0 Å². The normalized spacial score (nSPS) is 13.8. The van der Waals surface area contributed by atoms with E-state index in [1.54, 1.807) is 41.1 Å². The van der Waals surface area contributed by atoms with Crippen LogP contribution in [-0.2, 0) is 23.8 Å². The van der Waals surface area contributed by atoms with Crippen LogP contribution in [0.5, 0.6) is 0 Å². The number of aromatic nitrogens is 1. The summed E-state index contributed by atoms with van der Waals surface area (Å²) in [6, 6.07) is 28.0. The number of nitrogens with zero attached hydrogens (tertiary/aromatic N) is 2. The Bertz CT molecular complexity index is 2180. The summed E-state index contributed by atoms with van der Waals surface area (Å²) in [5.41, 5.74) is 5.13. The summed E-state index contributed by atoms with van der Waals surface area (Å²) in [5, 5.41) is 11.8. The molecule has 10 nitrogen and oxygen atoms in total. The molecule has 0 spiro atoms. The molecule has 4 aromatic carbocycles. The van der Waals surface area contributed by atoms with Crippen LogP contribution in [-0.4, -0.2) is 44.2 Å². The first-order chi connectivity index (χ1) is 23.3. The Hall–Kier alpha value is -6.42. The van der Waals surface area contributed by atoms with Gasteiger partial charge >= 0.3 is 23.6 Å². The van der Waals surface area contributed by atoms with Gasteiger partial charge in [-0.15, -0.1) is 0 Å². The van der Waals surface area contributed by atoms with Crippen molar-refractivity contribution in [1.82, 2.24) is 0 Å². The number of rotatable bonds is 8. The van der Waals surface area contributed by atoms with Crippen LogP contribution in [0.25, 0.3) is 39.9 Å². The van der Waals surface area contributed by atoms with E-state index in [-0.39, 0.29) is 17.0 Å². The summed E-state index contributed by atoms with van der Waals surface area (Å²) in [4.78, 5) is 51.3. The van der Waals surface area contributed by atoms with Crippen LogP contribution in [0.1, 0.15) is 38.5 Å². The summed E-state index contributed by atoms with van der Waals surface area (Å²) >= 11 is 0. The van der Waals surface area contributed by atoms with E-state index in [2.05, 4.69) is 0 Å². The molecule has 5 aromatic rings. The number of ether oxygens (including phenoxy) is 3. The smallest absolute Gasteiger partial charge is 0.404 e. The van der Waals surface area contributed by atoms with Crippen molar-refractivity contribution in [1.29, 1.82) is 0 Å². The average Bonchev–Trinajstić information content (AvgIpc) is 3.46. The Kier molecular flexibility index (Phi) is 8.63. The van der Waals surface area contributed by atoms with Crippen LogP contribution in [0.4, 0.5) is 5.69 Å². The fourth-order valence-electron chi connectivity index (χ4n) is 6.23. The molecule has 1 aromatic heterocycles. The molecule has 0 saturated heterocycles. The quantitative estimate of drug-likeness (QED) is 0.0479. The van der Waals surface area contributed by atoms with Crippen LogP contribution >= 0.6 is 0 Å². The Labute approximate surface area is 275 Å². The van der Waals surface area contributed by atoms with Gasteiger partial charge in [0.15, 0.2) is 6.20 Å². The number of pyridine rings is 1. The molecule has 10 heteroatoms. The molecule has 0 aliphatic heterocycles. The minimum absolute atomic E-state index is 0.00378. The predicted molar refractivity (Wildman–Crippen MR) is 178 cm³/mol. The maximum atomic E-state index is 13.9.